The first kappa shape index (κ1) is 16.6. The van der Waals surface area contributed by atoms with Crippen molar-refractivity contribution in [2.24, 2.45) is 0 Å². The van der Waals surface area contributed by atoms with E-state index in [1.807, 2.05) is 19.1 Å². The molecule has 0 saturated heterocycles. The van der Waals surface area contributed by atoms with Gasteiger partial charge in [0.1, 0.15) is 5.82 Å². The van der Waals surface area contributed by atoms with Crippen molar-refractivity contribution >= 4 is 11.5 Å². The molecule has 0 aromatic carbocycles. The summed E-state index contributed by atoms with van der Waals surface area (Å²) < 4.78 is 5.39. The van der Waals surface area contributed by atoms with Crippen molar-refractivity contribution in [3.63, 3.8) is 0 Å². The summed E-state index contributed by atoms with van der Waals surface area (Å²) >= 11 is 0. The van der Waals surface area contributed by atoms with E-state index in [2.05, 4.69) is 42.9 Å². The van der Waals surface area contributed by atoms with Crippen LogP contribution in [-0.4, -0.2) is 41.7 Å². The first-order valence-electron chi connectivity index (χ1n) is 7.34. The molecule has 0 aliphatic rings. The molecule has 0 aliphatic carbocycles. The Kier molecular flexibility index (Phi) is 6.58. The van der Waals surface area contributed by atoms with Crippen molar-refractivity contribution in [1.82, 2.24) is 9.88 Å². The predicted molar refractivity (Wildman–Crippen MR) is 85.3 cm³/mol. The van der Waals surface area contributed by atoms with E-state index < -0.39 is 0 Å². The molecule has 0 amide bonds. The fourth-order valence-electron chi connectivity index (χ4n) is 2.23. The number of nitrogens with two attached hydrogens (primary N) is 1. The van der Waals surface area contributed by atoms with E-state index in [0.29, 0.717) is 30.3 Å². The maximum absolute atomic E-state index is 5.81. The van der Waals surface area contributed by atoms with Crippen LogP contribution in [0.3, 0.4) is 0 Å². The molecule has 3 N–H and O–H groups in total. The summed E-state index contributed by atoms with van der Waals surface area (Å²) in [4.78, 5) is 6.81. The number of nitrogens with one attached hydrogen (secondary N) is 1. The zero-order valence-corrected chi connectivity index (χ0v) is 13.3. The van der Waals surface area contributed by atoms with Gasteiger partial charge in [-0.05, 0) is 46.8 Å². The van der Waals surface area contributed by atoms with Crippen LogP contribution in [0.15, 0.2) is 12.1 Å². The minimum absolute atomic E-state index is 0.502. The summed E-state index contributed by atoms with van der Waals surface area (Å²) in [6.45, 7) is 13.2. The highest BCUT2D eigenvalue weighted by Crippen LogP contribution is 2.20. The number of ether oxygens (including phenoxy) is 1. The molecule has 0 bridgehead atoms. The minimum Gasteiger partial charge on any atom is -0.476 e. The Morgan fingerprint density at radius 1 is 1.25 bits per heavy atom. The number of pyridine rings is 1. The molecule has 1 aromatic heterocycles. The van der Waals surface area contributed by atoms with Gasteiger partial charge in [-0.1, -0.05) is 0 Å². The number of aromatic nitrogens is 1. The van der Waals surface area contributed by atoms with Crippen LogP contribution in [0, 0.1) is 0 Å². The normalized spacial score (nSPS) is 11.4. The summed E-state index contributed by atoms with van der Waals surface area (Å²) in [5, 5.41) is 3.32. The van der Waals surface area contributed by atoms with Crippen LogP contribution >= 0.6 is 0 Å². The van der Waals surface area contributed by atoms with Crippen molar-refractivity contribution in [3.8, 4) is 5.88 Å². The minimum atomic E-state index is 0.502. The van der Waals surface area contributed by atoms with Gasteiger partial charge in [-0.15, -0.1) is 0 Å². The molecule has 114 valence electrons. The van der Waals surface area contributed by atoms with E-state index in [0.717, 1.165) is 18.9 Å². The molecule has 20 heavy (non-hydrogen) atoms. The molecule has 1 aromatic rings. The maximum Gasteiger partial charge on any atom is 0.239 e. The Bertz CT molecular complexity index is 399. The van der Waals surface area contributed by atoms with E-state index >= 15 is 0 Å². The van der Waals surface area contributed by atoms with Gasteiger partial charge in [0.05, 0.1) is 12.3 Å². The molecule has 5 heteroatoms. The Morgan fingerprint density at radius 2 is 1.90 bits per heavy atom. The smallest absolute Gasteiger partial charge is 0.239 e. The Morgan fingerprint density at radius 3 is 2.45 bits per heavy atom. The van der Waals surface area contributed by atoms with E-state index in [-0.39, 0.29) is 0 Å². The lowest BCUT2D eigenvalue weighted by Gasteiger charge is -2.30. The van der Waals surface area contributed by atoms with Gasteiger partial charge in [0.15, 0.2) is 0 Å². The third-order valence-electron chi connectivity index (χ3n) is 3.17. The molecule has 0 saturated carbocycles. The number of hydrogen-bond acceptors (Lipinski definition) is 5. The van der Waals surface area contributed by atoms with Crippen LogP contribution in [0.5, 0.6) is 5.88 Å². The van der Waals surface area contributed by atoms with Gasteiger partial charge >= 0.3 is 0 Å². The van der Waals surface area contributed by atoms with Gasteiger partial charge in [0.25, 0.3) is 0 Å². The SMILES string of the molecule is CCOc1nc(NCCN(C(C)C)C(C)C)ccc1N. The van der Waals surface area contributed by atoms with Gasteiger partial charge in [-0.3, -0.25) is 4.90 Å². The molecule has 0 radical (unpaired) electrons. The Labute approximate surface area is 122 Å². The summed E-state index contributed by atoms with van der Waals surface area (Å²) in [5.41, 5.74) is 6.38. The van der Waals surface area contributed by atoms with E-state index in [1.54, 1.807) is 0 Å². The molecular formula is C15H28N4O. The van der Waals surface area contributed by atoms with Gasteiger partial charge in [-0.2, -0.15) is 4.98 Å². The number of hydrogen-bond donors (Lipinski definition) is 2. The molecule has 0 spiro atoms. The van der Waals surface area contributed by atoms with Crippen LogP contribution in [0.2, 0.25) is 0 Å². The third kappa shape index (κ3) is 4.89. The van der Waals surface area contributed by atoms with Gasteiger partial charge < -0.3 is 15.8 Å². The molecule has 1 heterocycles. The molecule has 0 unspecified atom stereocenters. The summed E-state index contributed by atoms with van der Waals surface area (Å²) in [6.07, 6.45) is 0. The van der Waals surface area contributed by atoms with Crippen molar-refractivity contribution in [2.45, 2.75) is 46.7 Å². The van der Waals surface area contributed by atoms with Gasteiger partial charge in [-0.25, -0.2) is 0 Å². The zero-order valence-electron chi connectivity index (χ0n) is 13.3. The first-order valence-corrected chi connectivity index (χ1v) is 7.34. The monoisotopic (exact) mass is 280 g/mol. The van der Waals surface area contributed by atoms with Crippen molar-refractivity contribution in [1.29, 1.82) is 0 Å². The van der Waals surface area contributed by atoms with Crippen molar-refractivity contribution in [3.05, 3.63) is 12.1 Å². The highest BCUT2D eigenvalue weighted by Gasteiger charge is 2.12. The largest absolute Gasteiger partial charge is 0.476 e. The second-order valence-corrected chi connectivity index (χ2v) is 5.38. The fourth-order valence-corrected chi connectivity index (χ4v) is 2.23. The molecule has 0 aliphatic heterocycles. The first-order chi connectivity index (χ1) is 9.45. The van der Waals surface area contributed by atoms with Crippen LogP contribution < -0.4 is 15.8 Å². The van der Waals surface area contributed by atoms with Crippen molar-refractivity contribution < 1.29 is 4.74 Å². The zero-order chi connectivity index (χ0) is 15.1. The number of rotatable bonds is 8. The number of nitrogen functional groups attached to an aromatic ring is 1. The topological polar surface area (TPSA) is 63.4 Å². The Hall–Kier alpha value is -1.49. The molecule has 1 rings (SSSR count). The highest BCUT2D eigenvalue weighted by molar-refractivity contribution is 5.53. The summed E-state index contributed by atoms with van der Waals surface area (Å²) in [6, 6.07) is 4.78. The quantitative estimate of drug-likeness (QED) is 0.766. The summed E-state index contributed by atoms with van der Waals surface area (Å²) in [7, 11) is 0. The highest BCUT2D eigenvalue weighted by atomic mass is 16.5. The lowest BCUT2D eigenvalue weighted by atomic mass is 10.2. The average molecular weight is 280 g/mol. The summed E-state index contributed by atoms with van der Waals surface area (Å²) in [5.74, 6) is 1.30. The van der Waals surface area contributed by atoms with Crippen molar-refractivity contribution in [2.75, 3.05) is 30.7 Å². The number of nitrogens with zero attached hydrogens (tertiary/aromatic N) is 2. The lowest BCUT2D eigenvalue weighted by molar-refractivity contribution is 0.182. The van der Waals surface area contributed by atoms with Gasteiger partial charge in [0.2, 0.25) is 5.88 Å². The average Bonchev–Trinajstić information content (AvgIpc) is 2.37. The van der Waals surface area contributed by atoms with Crippen LogP contribution in [-0.2, 0) is 0 Å². The van der Waals surface area contributed by atoms with Crippen LogP contribution in [0.1, 0.15) is 34.6 Å². The number of anilines is 2. The van der Waals surface area contributed by atoms with Crippen LogP contribution in [0.4, 0.5) is 11.5 Å². The molecule has 0 atom stereocenters. The predicted octanol–water partition coefficient (Wildman–Crippen LogP) is 2.59. The fraction of sp³-hybridized carbons (Fsp3) is 0.667. The maximum atomic E-state index is 5.81. The van der Waals surface area contributed by atoms with E-state index in [4.69, 9.17) is 10.5 Å². The second-order valence-electron chi connectivity index (χ2n) is 5.38. The van der Waals surface area contributed by atoms with Crippen LogP contribution in [0.25, 0.3) is 0 Å². The van der Waals surface area contributed by atoms with E-state index in [1.165, 1.54) is 0 Å². The van der Waals surface area contributed by atoms with Gasteiger partial charge in [0, 0.05) is 25.2 Å². The third-order valence-corrected chi connectivity index (χ3v) is 3.17. The Balaban J connectivity index is 2.55. The second kappa shape index (κ2) is 7.94. The van der Waals surface area contributed by atoms with E-state index in [9.17, 15) is 0 Å². The standard InChI is InChI=1S/C15H28N4O/c1-6-20-15-13(16)7-8-14(18-15)17-9-10-19(11(2)3)12(4)5/h7-8,11-12H,6,9-10,16H2,1-5H3,(H,17,18). The lowest BCUT2D eigenvalue weighted by Crippen LogP contribution is -2.40. The molecule has 5 nitrogen and oxygen atoms in total. The molecular weight excluding hydrogens is 252 g/mol. The molecule has 0 fully saturated rings.